The normalized spacial score (nSPS) is 12.4. The molecule has 4 nitrogen and oxygen atoms in total. The van der Waals surface area contributed by atoms with E-state index in [9.17, 15) is 4.79 Å². The number of carbonyl (C=O) groups is 1. The summed E-state index contributed by atoms with van der Waals surface area (Å²) in [5.74, 6) is 0.00569. The van der Waals surface area contributed by atoms with Crippen LogP contribution in [0.2, 0.25) is 0 Å². The molecule has 1 aromatic rings. The van der Waals surface area contributed by atoms with Crippen molar-refractivity contribution in [3.05, 3.63) is 16.6 Å². The van der Waals surface area contributed by atoms with E-state index in [0.29, 0.717) is 13.0 Å². The Morgan fingerprint density at radius 3 is 3.13 bits per heavy atom. The van der Waals surface area contributed by atoms with Crippen molar-refractivity contribution in [3.8, 4) is 0 Å². The molecule has 0 radical (unpaired) electrons. The van der Waals surface area contributed by atoms with E-state index < -0.39 is 0 Å². The molecular weight excluding hydrogens is 210 g/mol. The SMILES string of the molecule is CCCC(N)CC(=O)NCc1nccs1. The lowest BCUT2D eigenvalue weighted by atomic mass is 10.1. The number of nitrogens with one attached hydrogen (secondary N) is 1. The quantitative estimate of drug-likeness (QED) is 0.769. The van der Waals surface area contributed by atoms with E-state index >= 15 is 0 Å². The van der Waals surface area contributed by atoms with Crippen molar-refractivity contribution in [1.29, 1.82) is 0 Å². The summed E-state index contributed by atoms with van der Waals surface area (Å²) in [5.41, 5.74) is 5.76. The average Bonchev–Trinajstić information content (AvgIpc) is 2.67. The zero-order valence-electron chi connectivity index (χ0n) is 8.90. The molecular formula is C10H17N3OS. The van der Waals surface area contributed by atoms with Gasteiger partial charge in [0.2, 0.25) is 5.91 Å². The lowest BCUT2D eigenvalue weighted by molar-refractivity contribution is -0.121. The van der Waals surface area contributed by atoms with Gasteiger partial charge >= 0.3 is 0 Å². The zero-order chi connectivity index (χ0) is 11.1. The van der Waals surface area contributed by atoms with E-state index in [1.165, 1.54) is 11.3 Å². The highest BCUT2D eigenvalue weighted by molar-refractivity contribution is 7.09. The third kappa shape index (κ3) is 4.90. The fraction of sp³-hybridized carbons (Fsp3) is 0.600. The molecule has 0 aliphatic heterocycles. The van der Waals surface area contributed by atoms with E-state index in [0.717, 1.165) is 17.8 Å². The standard InChI is InChI=1S/C10H17N3OS/c1-2-3-8(11)6-9(14)13-7-10-12-4-5-15-10/h4-5,8H,2-3,6-7,11H2,1H3,(H,13,14). The second-order valence-electron chi connectivity index (χ2n) is 3.46. The highest BCUT2D eigenvalue weighted by Gasteiger charge is 2.08. The lowest BCUT2D eigenvalue weighted by Crippen LogP contribution is -2.31. The molecule has 0 fully saturated rings. The van der Waals surface area contributed by atoms with Crippen molar-refractivity contribution in [1.82, 2.24) is 10.3 Å². The van der Waals surface area contributed by atoms with Crippen molar-refractivity contribution in [2.24, 2.45) is 5.73 Å². The lowest BCUT2D eigenvalue weighted by Gasteiger charge is -2.09. The van der Waals surface area contributed by atoms with E-state index in [1.54, 1.807) is 6.20 Å². The first-order valence-corrected chi connectivity index (χ1v) is 6.01. The Bertz CT molecular complexity index is 287. The van der Waals surface area contributed by atoms with Gasteiger partial charge in [0.25, 0.3) is 0 Å². The Labute approximate surface area is 93.9 Å². The summed E-state index contributed by atoms with van der Waals surface area (Å²) in [6.07, 6.45) is 4.04. The van der Waals surface area contributed by atoms with Crippen LogP contribution >= 0.6 is 11.3 Å². The molecule has 0 saturated heterocycles. The number of nitrogens with zero attached hydrogens (tertiary/aromatic N) is 1. The number of nitrogens with two attached hydrogens (primary N) is 1. The van der Waals surface area contributed by atoms with Crippen molar-refractivity contribution < 1.29 is 4.79 Å². The molecule has 84 valence electrons. The van der Waals surface area contributed by atoms with E-state index in [1.807, 2.05) is 5.38 Å². The van der Waals surface area contributed by atoms with Gasteiger partial charge in [0.15, 0.2) is 0 Å². The average molecular weight is 227 g/mol. The first kappa shape index (κ1) is 12.1. The number of aromatic nitrogens is 1. The van der Waals surface area contributed by atoms with Crippen LogP contribution in [-0.4, -0.2) is 16.9 Å². The Kier molecular flexibility index (Phi) is 5.28. The fourth-order valence-electron chi connectivity index (χ4n) is 1.30. The number of hydrogen-bond donors (Lipinski definition) is 2. The largest absolute Gasteiger partial charge is 0.350 e. The molecule has 3 N–H and O–H groups in total. The van der Waals surface area contributed by atoms with Crippen LogP contribution < -0.4 is 11.1 Å². The van der Waals surface area contributed by atoms with Crippen LogP contribution in [0.25, 0.3) is 0 Å². The van der Waals surface area contributed by atoms with Gasteiger partial charge in [0.1, 0.15) is 5.01 Å². The molecule has 0 aromatic carbocycles. The fourth-order valence-corrected chi connectivity index (χ4v) is 1.85. The number of amides is 1. The summed E-state index contributed by atoms with van der Waals surface area (Å²) in [6, 6.07) is -0.0219. The Morgan fingerprint density at radius 2 is 2.53 bits per heavy atom. The van der Waals surface area contributed by atoms with Crippen molar-refractivity contribution >= 4 is 17.2 Å². The van der Waals surface area contributed by atoms with Gasteiger partial charge in [-0.25, -0.2) is 4.98 Å². The number of rotatable bonds is 6. The van der Waals surface area contributed by atoms with E-state index in [4.69, 9.17) is 5.73 Å². The topological polar surface area (TPSA) is 68.0 Å². The first-order chi connectivity index (χ1) is 7.22. The van der Waals surface area contributed by atoms with E-state index in [-0.39, 0.29) is 11.9 Å². The van der Waals surface area contributed by atoms with Gasteiger partial charge in [-0.15, -0.1) is 11.3 Å². The summed E-state index contributed by atoms with van der Waals surface area (Å²) in [4.78, 5) is 15.5. The molecule has 5 heteroatoms. The van der Waals surface area contributed by atoms with Crippen LogP contribution in [0.5, 0.6) is 0 Å². The summed E-state index contributed by atoms with van der Waals surface area (Å²) < 4.78 is 0. The number of hydrogen-bond acceptors (Lipinski definition) is 4. The highest BCUT2D eigenvalue weighted by atomic mass is 32.1. The molecule has 15 heavy (non-hydrogen) atoms. The molecule has 1 aromatic heterocycles. The minimum absolute atomic E-state index is 0.00569. The van der Waals surface area contributed by atoms with Gasteiger partial charge in [-0.05, 0) is 6.42 Å². The second-order valence-corrected chi connectivity index (χ2v) is 4.43. The summed E-state index contributed by atoms with van der Waals surface area (Å²) in [5, 5.41) is 5.62. The summed E-state index contributed by atoms with van der Waals surface area (Å²) in [7, 11) is 0. The molecule has 0 saturated carbocycles. The monoisotopic (exact) mass is 227 g/mol. The Balaban J connectivity index is 2.19. The van der Waals surface area contributed by atoms with Crippen LogP contribution in [0, 0.1) is 0 Å². The molecule has 1 rings (SSSR count). The van der Waals surface area contributed by atoms with Gasteiger partial charge in [-0.3, -0.25) is 4.79 Å². The molecule has 1 heterocycles. The van der Waals surface area contributed by atoms with Crippen LogP contribution in [0.3, 0.4) is 0 Å². The van der Waals surface area contributed by atoms with Gasteiger partial charge in [-0.1, -0.05) is 13.3 Å². The second kappa shape index (κ2) is 6.53. The maximum absolute atomic E-state index is 11.4. The summed E-state index contributed by atoms with van der Waals surface area (Å²) in [6.45, 7) is 2.57. The number of carbonyl (C=O) groups excluding carboxylic acids is 1. The molecule has 0 spiro atoms. The third-order valence-electron chi connectivity index (χ3n) is 2.03. The molecule has 0 aliphatic carbocycles. The molecule has 0 bridgehead atoms. The minimum Gasteiger partial charge on any atom is -0.350 e. The molecule has 1 atom stereocenters. The van der Waals surface area contributed by atoms with Crippen LogP contribution in [0.1, 0.15) is 31.2 Å². The smallest absolute Gasteiger partial charge is 0.221 e. The van der Waals surface area contributed by atoms with Crippen molar-refractivity contribution in [2.75, 3.05) is 0 Å². The van der Waals surface area contributed by atoms with Crippen LogP contribution in [0.15, 0.2) is 11.6 Å². The molecule has 0 aliphatic rings. The molecule has 1 amide bonds. The zero-order valence-corrected chi connectivity index (χ0v) is 9.72. The van der Waals surface area contributed by atoms with Gasteiger partial charge in [0.05, 0.1) is 6.54 Å². The van der Waals surface area contributed by atoms with Gasteiger partial charge in [0, 0.05) is 24.0 Å². The van der Waals surface area contributed by atoms with Crippen LogP contribution in [0.4, 0.5) is 0 Å². The van der Waals surface area contributed by atoms with Crippen LogP contribution in [-0.2, 0) is 11.3 Å². The summed E-state index contributed by atoms with van der Waals surface area (Å²) >= 11 is 1.54. The minimum atomic E-state index is -0.0219. The molecule has 1 unspecified atom stereocenters. The van der Waals surface area contributed by atoms with Crippen molar-refractivity contribution in [2.45, 2.75) is 38.8 Å². The third-order valence-corrected chi connectivity index (χ3v) is 2.81. The van der Waals surface area contributed by atoms with Gasteiger partial charge < -0.3 is 11.1 Å². The predicted molar refractivity (Wildman–Crippen MR) is 61.5 cm³/mol. The predicted octanol–water partition coefficient (Wildman–Crippen LogP) is 1.28. The van der Waals surface area contributed by atoms with Gasteiger partial charge in [-0.2, -0.15) is 0 Å². The number of thiazole rings is 1. The Morgan fingerprint density at radius 1 is 1.73 bits per heavy atom. The first-order valence-electron chi connectivity index (χ1n) is 5.13. The maximum Gasteiger partial charge on any atom is 0.221 e. The maximum atomic E-state index is 11.4. The highest BCUT2D eigenvalue weighted by Crippen LogP contribution is 2.03. The Hall–Kier alpha value is -0.940. The van der Waals surface area contributed by atoms with Crippen molar-refractivity contribution in [3.63, 3.8) is 0 Å². The van der Waals surface area contributed by atoms with E-state index in [2.05, 4.69) is 17.2 Å².